The zero-order chi connectivity index (χ0) is 17.2. The molecule has 2 aromatic heterocycles. The summed E-state index contributed by atoms with van der Waals surface area (Å²) in [4.78, 5) is 8.36. The minimum Gasteiger partial charge on any atom is -0.387 e. The molecule has 1 unspecified atom stereocenters. The molecule has 0 bridgehead atoms. The quantitative estimate of drug-likeness (QED) is 0.757. The molecular weight excluding hydrogens is 300 g/mol. The van der Waals surface area contributed by atoms with Crippen molar-refractivity contribution in [3.63, 3.8) is 0 Å². The third kappa shape index (κ3) is 3.63. The van der Waals surface area contributed by atoms with E-state index in [0.717, 1.165) is 16.9 Å². The maximum absolute atomic E-state index is 10.4. The largest absolute Gasteiger partial charge is 0.387 e. The number of hydrogen-bond acceptors (Lipinski definition) is 4. The van der Waals surface area contributed by atoms with Gasteiger partial charge in [0.05, 0.1) is 24.2 Å². The van der Waals surface area contributed by atoms with E-state index in [9.17, 15) is 5.11 Å². The molecule has 0 saturated carbocycles. The van der Waals surface area contributed by atoms with Crippen molar-refractivity contribution in [1.29, 1.82) is 0 Å². The molecule has 2 N–H and O–H groups in total. The monoisotopic (exact) mass is 324 g/mol. The zero-order valence-corrected chi connectivity index (χ0v) is 14.4. The Bertz CT molecular complexity index is 802. The highest BCUT2D eigenvalue weighted by molar-refractivity contribution is 5.36. The van der Waals surface area contributed by atoms with Gasteiger partial charge in [0.2, 0.25) is 0 Å². The van der Waals surface area contributed by atoms with Crippen LogP contribution >= 0.6 is 0 Å². The molecule has 0 saturated heterocycles. The number of aromatic nitrogens is 3. The highest BCUT2D eigenvalue weighted by atomic mass is 16.3. The van der Waals surface area contributed by atoms with E-state index in [0.29, 0.717) is 13.1 Å². The van der Waals surface area contributed by atoms with Gasteiger partial charge in [-0.3, -0.25) is 9.38 Å². The minimum atomic E-state index is -0.528. The number of aliphatic hydroxyl groups excluding tert-OH is 1. The van der Waals surface area contributed by atoms with Crippen molar-refractivity contribution in [1.82, 2.24) is 19.7 Å². The number of rotatable bonds is 5. The van der Waals surface area contributed by atoms with Crippen molar-refractivity contribution in [2.75, 3.05) is 6.54 Å². The zero-order valence-electron chi connectivity index (χ0n) is 14.4. The summed E-state index contributed by atoms with van der Waals surface area (Å²) < 4.78 is 1.99. The minimum absolute atomic E-state index is 0.125. The van der Waals surface area contributed by atoms with E-state index in [1.807, 2.05) is 28.9 Å². The normalized spacial score (nSPS) is 13.3. The van der Waals surface area contributed by atoms with Crippen LogP contribution in [0.4, 0.5) is 0 Å². The van der Waals surface area contributed by atoms with Crippen LogP contribution in [0.5, 0.6) is 0 Å². The maximum atomic E-state index is 10.4. The van der Waals surface area contributed by atoms with E-state index in [1.165, 1.54) is 5.56 Å². The molecule has 1 atom stereocenters. The highest BCUT2D eigenvalue weighted by Gasteiger charge is 2.14. The van der Waals surface area contributed by atoms with E-state index in [-0.39, 0.29) is 5.41 Å². The predicted octanol–water partition coefficient (Wildman–Crippen LogP) is 2.85. The summed E-state index contributed by atoms with van der Waals surface area (Å²) in [6.45, 7) is 7.69. The van der Waals surface area contributed by atoms with Gasteiger partial charge in [0.1, 0.15) is 0 Å². The summed E-state index contributed by atoms with van der Waals surface area (Å²) in [7, 11) is 0. The molecule has 5 heteroatoms. The van der Waals surface area contributed by atoms with Crippen molar-refractivity contribution in [3.05, 3.63) is 65.9 Å². The number of imidazole rings is 1. The van der Waals surface area contributed by atoms with Gasteiger partial charge in [0.15, 0.2) is 5.65 Å². The molecule has 24 heavy (non-hydrogen) atoms. The average molecular weight is 324 g/mol. The molecule has 0 aliphatic heterocycles. The first-order chi connectivity index (χ1) is 11.4. The number of nitrogens with one attached hydrogen (secondary N) is 1. The second-order valence-corrected chi connectivity index (χ2v) is 7.07. The lowest BCUT2D eigenvalue weighted by Gasteiger charge is -2.20. The summed E-state index contributed by atoms with van der Waals surface area (Å²) in [5.74, 6) is 0. The van der Waals surface area contributed by atoms with Crippen LogP contribution in [0.1, 0.15) is 43.7 Å². The Balaban J connectivity index is 1.58. The van der Waals surface area contributed by atoms with Crippen molar-refractivity contribution in [3.8, 4) is 0 Å². The number of aliphatic hydroxyl groups is 1. The lowest BCUT2D eigenvalue weighted by molar-refractivity contribution is 0.174. The summed E-state index contributed by atoms with van der Waals surface area (Å²) in [6, 6.07) is 8.20. The fourth-order valence-electron chi connectivity index (χ4n) is 2.69. The SMILES string of the molecule is CC(C)(C)c1ccc(C(O)CNCc2cnc3cnccn23)cc1. The van der Waals surface area contributed by atoms with Gasteiger partial charge in [-0.05, 0) is 16.5 Å². The maximum Gasteiger partial charge on any atom is 0.155 e. The Kier molecular flexibility index (Phi) is 4.64. The van der Waals surface area contributed by atoms with Gasteiger partial charge in [-0.15, -0.1) is 0 Å². The molecule has 3 aromatic rings. The van der Waals surface area contributed by atoms with Crippen LogP contribution in [-0.4, -0.2) is 26.0 Å². The van der Waals surface area contributed by atoms with Gasteiger partial charge in [-0.2, -0.15) is 0 Å². The molecule has 3 rings (SSSR count). The highest BCUT2D eigenvalue weighted by Crippen LogP contribution is 2.23. The Morgan fingerprint density at radius 3 is 2.62 bits per heavy atom. The third-order valence-corrected chi connectivity index (χ3v) is 4.20. The molecule has 2 heterocycles. The Morgan fingerprint density at radius 2 is 1.92 bits per heavy atom. The van der Waals surface area contributed by atoms with Crippen LogP contribution in [-0.2, 0) is 12.0 Å². The van der Waals surface area contributed by atoms with Crippen LogP contribution < -0.4 is 5.32 Å². The smallest absolute Gasteiger partial charge is 0.155 e. The Hall–Kier alpha value is -2.24. The Labute approximate surface area is 142 Å². The van der Waals surface area contributed by atoms with Crippen LogP contribution in [0.25, 0.3) is 5.65 Å². The van der Waals surface area contributed by atoms with E-state index in [2.05, 4.69) is 48.2 Å². The molecule has 0 aliphatic rings. The van der Waals surface area contributed by atoms with E-state index < -0.39 is 6.10 Å². The molecule has 126 valence electrons. The second-order valence-electron chi connectivity index (χ2n) is 7.07. The molecule has 0 aliphatic carbocycles. The third-order valence-electron chi connectivity index (χ3n) is 4.20. The predicted molar refractivity (Wildman–Crippen MR) is 94.8 cm³/mol. The van der Waals surface area contributed by atoms with Gasteiger partial charge in [-0.1, -0.05) is 45.0 Å². The van der Waals surface area contributed by atoms with Crippen molar-refractivity contribution >= 4 is 5.65 Å². The van der Waals surface area contributed by atoms with Gasteiger partial charge in [0.25, 0.3) is 0 Å². The molecular formula is C19H24N4O. The lowest BCUT2D eigenvalue weighted by Crippen LogP contribution is -2.22. The van der Waals surface area contributed by atoms with Crippen molar-refractivity contribution in [2.45, 2.75) is 38.8 Å². The molecule has 5 nitrogen and oxygen atoms in total. The lowest BCUT2D eigenvalue weighted by atomic mass is 9.86. The first-order valence-electron chi connectivity index (χ1n) is 8.20. The summed E-state index contributed by atoms with van der Waals surface area (Å²) in [5.41, 5.74) is 4.19. The standard InChI is InChI=1S/C19H24N4O/c1-19(2,3)15-6-4-14(5-7-15)17(24)12-21-10-16-11-22-18-13-20-8-9-23(16)18/h4-9,11,13,17,21,24H,10,12H2,1-3H3. The number of hydrogen-bond donors (Lipinski definition) is 2. The molecule has 1 aromatic carbocycles. The average Bonchev–Trinajstić information content (AvgIpc) is 2.97. The fraction of sp³-hybridized carbons (Fsp3) is 0.368. The van der Waals surface area contributed by atoms with Gasteiger partial charge < -0.3 is 10.4 Å². The summed E-state index contributed by atoms with van der Waals surface area (Å²) >= 11 is 0. The first-order valence-corrected chi connectivity index (χ1v) is 8.20. The second kappa shape index (κ2) is 6.71. The topological polar surface area (TPSA) is 62.5 Å². The van der Waals surface area contributed by atoms with Crippen LogP contribution in [0.3, 0.4) is 0 Å². The van der Waals surface area contributed by atoms with Crippen molar-refractivity contribution in [2.24, 2.45) is 0 Å². The van der Waals surface area contributed by atoms with Crippen molar-refractivity contribution < 1.29 is 5.11 Å². The van der Waals surface area contributed by atoms with Gasteiger partial charge >= 0.3 is 0 Å². The van der Waals surface area contributed by atoms with Gasteiger partial charge in [0, 0.05) is 25.5 Å². The van der Waals surface area contributed by atoms with E-state index >= 15 is 0 Å². The van der Waals surface area contributed by atoms with E-state index in [4.69, 9.17) is 0 Å². The molecule has 0 spiro atoms. The van der Waals surface area contributed by atoms with Crippen LogP contribution in [0.2, 0.25) is 0 Å². The fourth-order valence-corrected chi connectivity index (χ4v) is 2.69. The van der Waals surface area contributed by atoms with E-state index in [1.54, 1.807) is 12.4 Å². The van der Waals surface area contributed by atoms with Crippen LogP contribution in [0, 0.1) is 0 Å². The first kappa shape index (κ1) is 16.6. The summed E-state index contributed by atoms with van der Waals surface area (Å²) in [6.07, 6.45) is 6.66. The number of nitrogens with zero attached hydrogens (tertiary/aromatic N) is 3. The summed E-state index contributed by atoms with van der Waals surface area (Å²) in [5, 5.41) is 13.7. The number of fused-ring (bicyclic) bond motifs is 1. The molecule has 0 amide bonds. The molecule has 0 fully saturated rings. The molecule has 0 radical (unpaired) electrons. The Morgan fingerprint density at radius 1 is 1.17 bits per heavy atom. The number of benzene rings is 1. The van der Waals surface area contributed by atoms with Gasteiger partial charge in [-0.25, -0.2) is 4.98 Å². The van der Waals surface area contributed by atoms with Crippen LogP contribution in [0.15, 0.2) is 49.1 Å².